The lowest BCUT2D eigenvalue weighted by molar-refractivity contribution is -0.167. The maximum atomic E-state index is 13.0. The molecule has 1 unspecified atom stereocenters. The minimum atomic E-state index is -0.768. The van der Waals surface area contributed by atoms with Crippen LogP contribution >= 0.6 is 0 Å². The molecular weight excluding hydrogens is 1010 g/mol. The summed E-state index contributed by atoms with van der Waals surface area (Å²) in [6, 6.07) is 0. The second-order valence-corrected chi connectivity index (χ2v) is 25.2. The van der Waals surface area contributed by atoms with Gasteiger partial charge in [-0.25, -0.2) is 0 Å². The molecule has 0 saturated carbocycles. The Morgan fingerprint density at radius 1 is 0.244 bits per heavy atom. The van der Waals surface area contributed by atoms with E-state index in [0.717, 1.165) is 70.6 Å². The number of carbonyl (C=O) groups excluding carboxylic acids is 3. The molecule has 0 radical (unpaired) electrons. The van der Waals surface area contributed by atoms with Gasteiger partial charge < -0.3 is 14.2 Å². The topological polar surface area (TPSA) is 78.9 Å². The molecule has 0 amide bonds. The van der Waals surface area contributed by atoms with E-state index in [4.69, 9.17) is 14.2 Å². The van der Waals surface area contributed by atoms with Crippen LogP contribution in [0.15, 0.2) is 36.5 Å². The zero-order valence-corrected chi connectivity index (χ0v) is 55.5. The third-order valence-electron chi connectivity index (χ3n) is 16.9. The lowest BCUT2D eigenvalue weighted by Crippen LogP contribution is -2.30. The minimum absolute atomic E-state index is 0.0644. The number of hydrogen-bond acceptors (Lipinski definition) is 6. The second kappa shape index (κ2) is 71.1. The summed E-state index contributed by atoms with van der Waals surface area (Å²) in [6.45, 7) is 6.71. The van der Waals surface area contributed by atoms with Crippen LogP contribution in [0.1, 0.15) is 412 Å². The molecule has 6 heteroatoms. The Morgan fingerprint density at radius 3 is 0.683 bits per heavy atom. The first-order valence-corrected chi connectivity index (χ1v) is 37.0. The first-order chi connectivity index (χ1) is 40.5. The zero-order chi connectivity index (χ0) is 59.2. The van der Waals surface area contributed by atoms with Crippen LogP contribution in [-0.4, -0.2) is 37.2 Å². The summed E-state index contributed by atoms with van der Waals surface area (Å²) in [5, 5.41) is 0. The molecule has 0 aliphatic carbocycles. The van der Waals surface area contributed by atoms with E-state index in [9.17, 15) is 14.4 Å². The number of unbranched alkanes of at least 4 members (excludes halogenated alkanes) is 52. The van der Waals surface area contributed by atoms with E-state index in [2.05, 4.69) is 57.2 Å². The third-order valence-corrected chi connectivity index (χ3v) is 16.9. The maximum absolute atomic E-state index is 13.0. The monoisotopic (exact) mass is 1150 g/mol. The predicted molar refractivity (Wildman–Crippen MR) is 358 cm³/mol. The Balaban J connectivity index is 4.16. The number of esters is 3. The molecule has 0 aromatic rings. The van der Waals surface area contributed by atoms with Gasteiger partial charge in [0.05, 0.1) is 0 Å². The Hall–Kier alpha value is -2.37. The van der Waals surface area contributed by atoms with Gasteiger partial charge in [-0.1, -0.05) is 372 Å². The molecule has 0 aromatic carbocycles. The van der Waals surface area contributed by atoms with Crippen molar-refractivity contribution in [3.8, 4) is 0 Å². The van der Waals surface area contributed by atoms with Gasteiger partial charge in [0, 0.05) is 19.3 Å². The highest BCUT2D eigenvalue weighted by Gasteiger charge is 2.20. The molecule has 0 bridgehead atoms. The van der Waals surface area contributed by atoms with E-state index >= 15 is 0 Å². The van der Waals surface area contributed by atoms with Gasteiger partial charge >= 0.3 is 17.9 Å². The average molecular weight is 1150 g/mol. The van der Waals surface area contributed by atoms with Gasteiger partial charge in [0.1, 0.15) is 13.2 Å². The van der Waals surface area contributed by atoms with Crippen molar-refractivity contribution in [1.29, 1.82) is 0 Å². The average Bonchev–Trinajstić information content (AvgIpc) is 3.47. The fraction of sp³-hybridized carbons (Fsp3) is 0.882. The molecule has 0 rings (SSSR count). The van der Waals surface area contributed by atoms with E-state index in [1.165, 1.54) is 302 Å². The number of rotatable bonds is 69. The molecule has 0 aliphatic rings. The van der Waals surface area contributed by atoms with Gasteiger partial charge in [-0.05, 0) is 57.8 Å². The molecular formula is C76H142O6. The van der Waals surface area contributed by atoms with E-state index in [0.29, 0.717) is 19.3 Å². The van der Waals surface area contributed by atoms with Crippen LogP contribution in [0.25, 0.3) is 0 Å². The number of hydrogen-bond donors (Lipinski definition) is 0. The molecule has 82 heavy (non-hydrogen) atoms. The highest BCUT2D eigenvalue weighted by atomic mass is 16.6. The fourth-order valence-electron chi connectivity index (χ4n) is 11.3. The molecule has 6 nitrogen and oxygen atoms in total. The number of allylic oxidation sites excluding steroid dienone is 6. The first-order valence-electron chi connectivity index (χ1n) is 37.0. The van der Waals surface area contributed by atoms with Gasteiger partial charge in [0.15, 0.2) is 6.10 Å². The van der Waals surface area contributed by atoms with Crippen LogP contribution in [0.2, 0.25) is 0 Å². The van der Waals surface area contributed by atoms with Crippen LogP contribution < -0.4 is 0 Å². The van der Waals surface area contributed by atoms with E-state index < -0.39 is 6.10 Å². The summed E-state index contributed by atoms with van der Waals surface area (Å²) >= 11 is 0. The predicted octanol–water partition coefficient (Wildman–Crippen LogP) is 25.5. The molecule has 1 atom stereocenters. The highest BCUT2D eigenvalue weighted by Crippen LogP contribution is 2.19. The fourth-order valence-corrected chi connectivity index (χ4v) is 11.3. The van der Waals surface area contributed by atoms with Gasteiger partial charge in [-0.2, -0.15) is 0 Å². The van der Waals surface area contributed by atoms with Crippen molar-refractivity contribution in [2.45, 2.75) is 419 Å². The normalized spacial score (nSPS) is 12.2. The number of ether oxygens (including phenoxy) is 3. The molecule has 482 valence electrons. The van der Waals surface area contributed by atoms with Crippen LogP contribution in [0.3, 0.4) is 0 Å². The Kier molecular flexibility index (Phi) is 69.1. The van der Waals surface area contributed by atoms with E-state index in [1.54, 1.807) is 0 Å². The van der Waals surface area contributed by atoms with Crippen molar-refractivity contribution >= 4 is 17.9 Å². The van der Waals surface area contributed by atoms with Crippen LogP contribution in [0.4, 0.5) is 0 Å². The minimum Gasteiger partial charge on any atom is -0.462 e. The van der Waals surface area contributed by atoms with Crippen molar-refractivity contribution < 1.29 is 28.6 Å². The lowest BCUT2D eigenvalue weighted by Gasteiger charge is -2.18. The van der Waals surface area contributed by atoms with Gasteiger partial charge in [-0.3, -0.25) is 14.4 Å². The zero-order valence-electron chi connectivity index (χ0n) is 55.5. The van der Waals surface area contributed by atoms with Crippen molar-refractivity contribution in [2.24, 2.45) is 0 Å². The lowest BCUT2D eigenvalue weighted by atomic mass is 10.0. The van der Waals surface area contributed by atoms with Crippen LogP contribution in [0, 0.1) is 0 Å². The van der Waals surface area contributed by atoms with Crippen LogP contribution in [0.5, 0.6) is 0 Å². The molecule has 0 heterocycles. The highest BCUT2D eigenvalue weighted by molar-refractivity contribution is 5.71. The molecule has 0 aromatic heterocycles. The van der Waals surface area contributed by atoms with Crippen molar-refractivity contribution in [2.75, 3.05) is 13.2 Å². The summed E-state index contributed by atoms with van der Waals surface area (Å²) in [4.78, 5) is 38.4. The Morgan fingerprint density at radius 2 is 0.439 bits per heavy atom. The van der Waals surface area contributed by atoms with E-state index in [1.807, 2.05) is 0 Å². The standard InChI is InChI=1S/C76H142O6/c1-4-7-10-13-16-19-22-25-27-29-31-33-34-35-36-37-38-39-40-41-42-43-45-46-48-51-54-57-60-63-66-69-75(78)81-72-73(71-80-74(77)68-65-62-59-56-53-50-24-21-18-15-12-9-6-3)82-76(79)70-67-64-61-58-55-52-49-47-44-32-30-28-26-23-20-17-14-11-8-5-2/h22,25,29,31,34-35,73H,4-21,23-24,26-28,30,32-33,36-72H2,1-3H3/b25-22-,31-29-,35-34-. The van der Waals surface area contributed by atoms with Crippen molar-refractivity contribution in [1.82, 2.24) is 0 Å². The van der Waals surface area contributed by atoms with Crippen molar-refractivity contribution in [3.63, 3.8) is 0 Å². The molecule has 0 N–H and O–H groups in total. The summed E-state index contributed by atoms with van der Waals surface area (Å²) in [5.74, 6) is -0.831. The first kappa shape index (κ1) is 79.6. The van der Waals surface area contributed by atoms with Gasteiger partial charge in [0.25, 0.3) is 0 Å². The largest absolute Gasteiger partial charge is 0.462 e. The second-order valence-electron chi connectivity index (χ2n) is 25.2. The number of carbonyl (C=O) groups is 3. The summed E-state index contributed by atoms with van der Waals surface area (Å²) in [7, 11) is 0. The van der Waals surface area contributed by atoms with E-state index in [-0.39, 0.29) is 31.1 Å². The van der Waals surface area contributed by atoms with Gasteiger partial charge in [-0.15, -0.1) is 0 Å². The van der Waals surface area contributed by atoms with Gasteiger partial charge in [0.2, 0.25) is 0 Å². The summed E-state index contributed by atoms with van der Waals surface area (Å²) in [5.41, 5.74) is 0. The molecule has 0 fully saturated rings. The Bertz CT molecular complexity index is 1370. The summed E-state index contributed by atoms with van der Waals surface area (Å²) < 4.78 is 17.0. The smallest absolute Gasteiger partial charge is 0.306 e. The third kappa shape index (κ3) is 68.4. The quantitative estimate of drug-likeness (QED) is 0.0261. The maximum Gasteiger partial charge on any atom is 0.306 e. The molecule has 0 aliphatic heterocycles. The molecule has 0 saturated heterocycles. The molecule has 0 spiro atoms. The van der Waals surface area contributed by atoms with Crippen molar-refractivity contribution in [3.05, 3.63) is 36.5 Å². The Labute approximate surface area is 512 Å². The summed E-state index contributed by atoms with van der Waals surface area (Å²) in [6.07, 6.45) is 89.0. The SMILES string of the molecule is CCCCCCC/C=C\C/C=C\C/C=C\CCCCCCCCCCCCCCCCCCC(=O)OCC(COC(=O)CCCCCCCCCCCCCCC)OC(=O)CCCCCCCCCCCCCCCCCCCCCC. The van der Waals surface area contributed by atoms with Crippen LogP contribution in [-0.2, 0) is 28.6 Å².